The largest absolute Gasteiger partial charge is 0.303 e. The molecule has 0 aromatic rings. The van der Waals surface area contributed by atoms with E-state index in [9.17, 15) is 4.79 Å². The highest BCUT2D eigenvalue weighted by Gasteiger charge is 2.11. The van der Waals surface area contributed by atoms with E-state index in [-0.39, 0.29) is 5.78 Å². The van der Waals surface area contributed by atoms with Gasteiger partial charge >= 0.3 is 0 Å². The Kier molecular flexibility index (Phi) is 3.48. The number of ketones is 1. The third-order valence-corrected chi connectivity index (χ3v) is 2.35. The molecule has 1 saturated heterocycles. The normalized spacial score (nSPS) is 19.3. The zero-order valence-electron chi connectivity index (χ0n) is 7.97. The van der Waals surface area contributed by atoms with Gasteiger partial charge < -0.3 is 4.90 Å². The smallest absolute Gasteiger partial charge is 0.152 e. The summed E-state index contributed by atoms with van der Waals surface area (Å²) in [4.78, 5) is 13.2. The number of nitrogens with zero attached hydrogens (tertiary/aromatic N) is 1. The molecule has 0 bridgehead atoms. The Labute approximate surface area is 74.2 Å². The van der Waals surface area contributed by atoms with Crippen LogP contribution in [0.3, 0.4) is 0 Å². The van der Waals surface area contributed by atoms with E-state index in [0.29, 0.717) is 0 Å². The molecule has 1 aliphatic heterocycles. The quantitative estimate of drug-likeness (QED) is 0.582. The lowest BCUT2D eigenvalue weighted by Gasteiger charge is -2.26. The average molecular weight is 167 g/mol. The Bertz CT molecular complexity index is 186. The van der Waals surface area contributed by atoms with Crippen LogP contribution < -0.4 is 0 Å². The van der Waals surface area contributed by atoms with Crippen molar-refractivity contribution in [1.82, 2.24) is 4.90 Å². The second kappa shape index (κ2) is 4.41. The lowest BCUT2D eigenvalue weighted by Crippen LogP contribution is -2.30. The fourth-order valence-corrected chi connectivity index (χ4v) is 1.59. The third-order valence-electron chi connectivity index (χ3n) is 2.35. The average Bonchev–Trinajstić information content (AvgIpc) is 2.05. The van der Waals surface area contributed by atoms with E-state index >= 15 is 0 Å². The van der Waals surface area contributed by atoms with Crippen LogP contribution >= 0.6 is 0 Å². The van der Waals surface area contributed by atoms with Crippen LogP contribution in [0.15, 0.2) is 11.6 Å². The summed E-state index contributed by atoms with van der Waals surface area (Å²) in [6.07, 6.45) is 3.95. The Morgan fingerprint density at radius 2 is 2.08 bits per heavy atom. The fourth-order valence-electron chi connectivity index (χ4n) is 1.59. The van der Waals surface area contributed by atoms with Gasteiger partial charge in [0.05, 0.1) is 0 Å². The highest BCUT2D eigenvalue weighted by atomic mass is 16.1. The van der Waals surface area contributed by atoms with Gasteiger partial charge in [0.1, 0.15) is 0 Å². The summed E-state index contributed by atoms with van der Waals surface area (Å²) >= 11 is 0. The highest BCUT2D eigenvalue weighted by Crippen LogP contribution is 2.15. The summed E-state index contributed by atoms with van der Waals surface area (Å²) in [5, 5.41) is 0. The second-order valence-electron chi connectivity index (χ2n) is 3.35. The van der Waals surface area contributed by atoms with Crippen LogP contribution in [0.1, 0.15) is 26.7 Å². The van der Waals surface area contributed by atoms with E-state index in [4.69, 9.17) is 0 Å². The minimum absolute atomic E-state index is 0.190. The first-order valence-corrected chi connectivity index (χ1v) is 4.64. The molecule has 68 valence electrons. The summed E-state index contributed by atoms with van der Waals surface area (Å²) in [6.45, 7) is 7.18. The molecular weight excluding hydrogens is 150 g/mol. The maximum atomic E-state index is 10.8. The summed E-state index contributed by atoms with van der Waals surface area (Å²) in [7, 11) is 0. The van der Waals surface area contributed by atoms with Gasteiger partial charge in [0, 0.05) is 13.1 Å². The molecule has 0 saturated carbocycles. The summed E-state index contributed by atoms with van der Waals surface area (Å²) in [5.74, 6) is 0.190. The standard InChI is InChI=1S/C10H17NO/c1-3-11-6-4-10(5-7-11)8-9(2)12/h8H,3-7H2,1-2H3. The molecule has 0 aromatic carbocycles. The lowest BCUT2D eigenvalue weighted by molar-refractivity contribution is -0.112. The van der Waals surface area contributed by atoms with Crippen LogP contribution in [0.5, 0.6) is 0 Å². The zero-order chi connectivity index (χ0) is 8.97. The summed E-state index contributed by atoms with van der Waals surface area (Å²) in [5.41, 5.74) is 1.33. The Morgan fingerprint density at radius 3 is 2.50 bits per heavy atom. The van der Waals surface area contributed by atoms with Crippen molar-refractivity contribution in [2.75, 3.05) is 19.6 Å². The van der Waals surface area contributed by atoms with Crippen LogP contribution in [0, 0.1) is 0 Å². The van der Waals surface area contributed by atoms with Crippen LogP contribution in [0.2, 0.25) is 0 Å². The molecule has 0 N–H and O–H groups in total. The van der Waals surface area contributed by atoms with E-state index < -0.39 is 0 Å². The lowest BCUT2D eigenvalue weighted by atomic mass is 10.0. The van der Waals surface area contributed by atoms with Crippen molar-refractivity contribution < 1.29 is 4.79 Å². The minimum Gasteiger partial charge on any atom is -0.303 e. The van der Waals surface area contributed by atoms with Crippen LogP contribution in [-0.2, 0) is 4.79 Å². The molecule has 0 aliphatic carbocycles. The van der Waals surface area contributed by atoms with Crippen molar-refractivity contribution in [3.05, 3.63) is 11.6 Å². The van der Waals surface area contributed by atoms with Crippen molar-refractivity contribution in [3.63, 3.8) is 0 Å². The van der Waals surface area contributed by atoms with Crippen LogP contribution in [-0.4, -0.2) is 30.3 Å². The van der Waals surface area contributed by atoms with Crippen LogP contribution in [0.25, 0.3) is 0 Å². The number of rotatable bonds is 2. The van der Waals surface area contributed by atoms with Gasteiger partial charge in [0.2, 0.25) is 0 Å². The first kappa shape index (κ1) is 9.46. The molecule has 0 atom stereocenters. The van der Waals surface area contributed by atoms with E-state index in [2.05, 4.69) is 11.8 Å². The SMILES string of the molecule is CCN1CCC(=CC(C)=O)CC1. The van der Waals surface area contributed by atoms with Gasteiger partial charge in [-0.15, -0.1) is 0 Å². The molecular formula is C10H17NO. The molecule has 2 nitrogen and oxygen atoms in total. The first-order chi connectivity index (χ1) is 5.72. The van der Waals surface area contributed by atoms with E-state index in [1.54, 1.807) is 13.0 Å². The predicted octanol–water partition coefficient (Wildman–Crippen LogP) is 1.62. The van der Waals surface area contributed by atoms with Gasteiger partial charge in [0.25, 0.3) is 0 Å². The van der Waals surface area contributed by atoms with E-state index in [1.165, 1.54) is 5.57 Å². The number of allylic oxidation sites excluding steroid dienone is 1. The first-order valence-electron chi connectivity index (χ1n) is 4.64. The van der Waals surface area contributed by atoms with Gasteiger partial charge in [0.15, 0.2) is 5.78 Å². The van der Waals surface area contributed by atoms with Gasteiger partial charge in [-0.05, 0) is 32.4 Å². The summed E-state index contributed by atoms with van der Waals surface area (Å²) in [6, 6.07) is 0. The van der Waals surface area contributed by atoms with Crippen molar-refractivity contribution in [2.45, 2.75) is 26.7 Å². The maximum absolute atomic E-state index is 10.8. The molecule has 1 rings (SSSR count). The molecule has 0 amide bonds. The van der Waals surface area contributed by atoms with Gasteiger partial charge in [-0.2, -0.15) is 0 Å². The van der Waals surface area contributed by atoms with E-state index in [1.807, 2.05) is 0 Å². The number of piperidine rings is 1. The van der Waals surface area contributed by atoms with E-state index in [0.717, 1.165) is 32.5 Å². The van der Waals surface area contributed by atoms with Gasteiger partial charge in [-0.1, -0.05) is 12.5 Å². The minimum atomic E-state index is 0.190. The van der Waals surface area contributed by atoms with Gasteiger partial charge in [-0.3, -0.25) is 4.79 Å². The molecule has 0 spiro atoms. The topological polar surface area (TPSA) is 20.3 Å². The number of likely N-dealkylation sites (tertiary alicyclic amines) is 1. The molecule has 0 aromatic heterocycles. The summed E-state index contributed by atoms with van der Waals surface area (Å²) < 4.78 is 0. The number of hydrogen-bond donors (Lipinski definition) is 0. The van der Waals surface area contributed by atoms with Crippen molar-refractivity contribution >= 4 is 5.78 Å². The molecule has 12 heavy (non-hydrogen) atoms. The van der Waals surface area contributed by atoms with Gasteiger partial charge in [-0.25, -0.2) is 0 Å². The van der Waals surface area contributed by atoms with Crippen molar-refractivity contribution in [3.8, 4) is 0 Å². The fraction of sp³-hybridized carbons (Fsp3) is 0.700. The zero-order valence-corrected chi connectivity index (χ0v) is 7.97. The molecule has 0 radical (unpaired) electrons. The highest BCUT2D eigenvalue weighted by molar-refractivity contribution is 5.87. The monoisotopic (exact) mass is 167 g/mol. The molecule has 0 unspecified atom stereocenters. The molecule has 2 heteroatoms. The third kappa shape index (κ3) is 2.78. The van der Waals surface area contributed by atoms with Crippen LogP contribution in [0.4, 0.5) is 0 Å². The number of carbonyl (C=O) groups is 1. The Hall–Kier alpha value is -0.630. The molecule has 1 heterocycles. The Balaban J connectivity index is 2.40. The number of carbonyl (C=O) groups excluding carboxylic acids is 1. The van der Waals surface area contributed by atoms with Crippen molar-refractivity contribution in [2.24, 2.45) is 0 Å². The molecule has 1 fully saturated rings. The maximum Gasteiger partial charge on any atom is 0.152 e. The molecule has 1 aliphatic rings. The Morgan fingerprint density at radius 1 is 1.50 bits per heavy atom. The number of hydrogen-bond acceptors (Lipinski definition) is 2. The van der Waals surface area contributed by atoms with Crippen molar-refractivity contribution in [1.29, 1.82) is 0 Å². The predicted molar refractivity (Wildman–Crippen MR) is 50.1 cm³/mol. The second-order valence-corrected chi connectivity index (χ2v) is 3.35.